The van der Waals surface area contributed by atoms with Crippen LogP contribution in [0, 0.1) is 25.5 Å². The Kier molecular flexibility index (Phi) is 16.1. The van der Waals surface area contributed by atoms with Gasteiger partial charge in [-0.1, -0.05) is 17.7 Å². The Hall–Kier alpha value is -5.65. The van der Waals surface area contributed by atoms with Crippen LogP contribution in [0.4, 0.5) is 19.3 Å². The van der Waals surface area contributed by atoms with E-state index in [0.717, 1.165) is 24.5 Å². The molecule has 7 amide bonds. The first-order valence-corrected chi connectivity index (χ1v) is 19.3. The van der Waals surface area contributed by atoms with Crippen LogP contribution in [0.15, 0.2) is 42.5 Å². The van der Waals surface area contributed by atoms with Gasteiger partial charge in [0.25, 0.3) is 0 Å². The van der Waals surface area contributed by atoms with Crippen LogP contribution >= 0.6 is 0 Å². The zero-order valence-corrected chi connectivity index (χ0v) is 33.2. The summed E-state index contributed by atoms with van der Waals surface area (Å²) in [5, 5.41) is 17.7. The van der Waals surface area contributed by atoms with Crippen LogP contribution < -0.4 is 21.7 Å². The quantitative estimate of drug-likeness (QED) is 0.286. The summed E-state index contributed by atoms with van der Waals surface area (Å²) < 4.78 is 29.9. The number of carbonyl (C=O) groups is 7. The molecule has 2 aromatic rings. The zero-order valence-electron chi connectivity index (χ0n) is 33.2. The lowest BCUT2D eigenvalue weighted by Gasteiger charge is -2.38. The molecule has 16 nitrogen and oxygen atoms in total. The van der Waals surface area contributed by atoms with Crippen molar-refractivity contribution in [3.8, 4) is 0 Å². The number of amides is 7. The molecule has 4 aliphatic rings. The lowest BCUT2D eigenvalue weighted by atomic mass is 9.99. The van der Waals surface area contributed by atoms with E-state index in [0.29, 0.717) is 43.6 Å². The topological polar surface area (TPSA) is 221 Å². The molecule has 0 aliphatic carbocycles. The minimum Gasteiger partial charge on any atom is -0.461 e. The summed E-state index contributed by atoms with van der Waals surface area (Å²) in [6.07, 6.45) is 1.54. The normalized spacial score (nSPS) is 25.1. The Bertz CT molecular complexity index is 1780. The van der Waals surface area contributed by atoms with Crippen LogP contribution in [0.2, 0.25) is 0 Å². The van der Waals surface area contributed by atoms with Gasteiger partial charge < -0.3 is 46.2 Å². The molecule has 0 saturated carbocycles. The first-order chi connectivity index (χ1) is 27.4. The molecule has 316 valence electrons. The molecule has 4 aliphatic heterocycles. The number of aliphatic hydroxyl groups is 1. The lowest BCUT2D eigenvalue weighted by molar-refractivity contribution is -0.160. The van der Waals surface area contributed by atoms with Gasteiger partial charge in [-0.3, -0.25) is 24.0 Å². The first kappa shape index (κ1) is 45.1. The van der Waals surface area contributed by atoms with E-state index < -0.39 is 77.7 Å². The van der Waals surface area contributed by atoms with E-state index in [1.54, 1.807) is 35.8 Å². The van der Waals surface area contributed by atoms with Crippen molar-refractivity contribution in [3.63, 3.8) is 0 Å². The molecule has 6 unspecified atom stereocenters. The molecule has 4 fully saturated rings. The molecule has 6 rings (SSSR count). The number of urea groups is 1. The molecule has 4 saturated heterocycles. The van der Waals surface area contributed by atoms with E-state index in [2.05, 4.69) is 16.0 Å². The van der Waals surface area contributed by atoms with Crippen LogP contribution in [0.3, 0.4) is 0 Å². The summed E-state index contributed by atoms with van der Waals surface area (Å²) in [7, 11) is 0. The van der Waals surface area contributed by atoms with Gasteiger partial charge in [-0.25, -0.2) is 18.4 Å². The summed E-state index contributed by atoms with van der Waals surface area (Å²) in [4.78, 5) is 91.5. The van der Waals surface area contributed by atoms with Gasteiger partial charge in [0, 0.05) is 37.8 Å². The third-order valence-corrected chi connectivity index (χ3v) is 10.0. The van der Waals surface area contributed by atoms with Crippen LogP contribution in [0.1, 0.15) is 69.9 Å². The Morgan fingerprint density at radius 3 is 2.12 bits per heavy atom. The predicted octanol–water partition coefficient (Wildman–Crippen LogP) is 2.04. The zero-order chi connectivity index (χ0) is 42.7. The summed E-state index contributed by atoms with van der Waals surface area (Å²) in [6, 6.07) is 6.99. The number of cyclic esters (lactones) is 1. The third-order valence-electron chi connectivity index (χ3n) is 10.0. The summed E-state index contributed by atoms with van der Waals surface area (Å²) in [5.74, 6) is -3.77. The molecule has 58 heavy (non-hydrogen) atoms. The number of rotatable bonds is 3. The highest BCUT2D eigenvalue weighted by atomic mass is 19.1. The van der Waals surface area contributed by atoms with Crippen LogP contribution in [-0.2, 0) is 33.5 Å². The number of primary amides is 1. The van der Waals surface area contributed by atoms with Gasteiger partial charge >= 0.3 is 12.0 Å². The summed E-state index contributed by atoms with van der Waals surface area (Å²) in [6.45, 7) is 7.38. The lowest BCUT2D eigenvalue weighted by Crippen LogP contribution is -2.59. The SMILES string of the molecule is CC1CC(=O)N2CCCC2C(=O)N2CCCCC2C(=O)NC(C)C(=O)N2CC(O)CC2C(=O)O1.Cc1cc(F)cc(F)c1.Cc1ccc(NC(=O)NCC(N)=O)cc1. The van der Waals surface area contributed by atoms with Crippen LogP contribution in [0.5, 0.6) is 0 Å². The number of ether oxygens (including phenoxy) is 1. The number of piperidine rings is 1. The largest absolute Gasteiger partial charge is 0.461 e. The number of nitrogens with zero attached hydrogens (tertiary/aromatic N) is 3. The number of anilines is 1. The highest BCUT2D eigenvalue weighted by Crippen LogP contribution is 2.27. The number of nitrogens with one attached hydrogen (secondary N) is 3. The van der Waals surface area contributed by atoms with E-state index in [-0.39, 0.29) is 37.7 Å². The number of aliphatic hydroxyl groups excluding tert-OH is 1. The van der Waals surface area contributed by atoms with Crippen molar-refractivity contribution in [2.75, 3.05) is 31.5 Å². The maximum atomic E-state index is 13.5. The number of esters is 1. The predicted molar refractivity (Wildman–Crippen MR) is 206 cm³/mol. The Morgan fingerprint density at radius 1 is 0.845 bits per heavy atom. The molecule has 2 aromatic carbocycles. The molecule has 0 radical (unpaired) electrons. The van der Waals surface area contributed by atoms with Crippen molar-refractivity contribution in [3.05, 3.63) is 65.2 Å². The van der Waals surface area contributed by atoms with Crippen molar-refractivity contribution < 1.29 is 52.2 Å². The van der Waals surface area contributed by atoms with Crippen LogP contribution in [0.25, 0.3) is 0 Å². The molecule has 0 bridgehead atoms. The van der Waals surface area contributed by atoms with E-state index in [1.165, 1.54) is 24.0 Å². The Balaban J connectivity index is 0.000000253. The fraction of sp³-hybridized carbons (Fsp3) is 0.525. The third kappa shape index (κ3) is 12.7. The molecule has 4 heterocycles. The molecule has 0 spiro atoms. The van der Waals surface area contributed by atoms with E-state index in [4.69, 9.17) is 10.5 Å². The minimum absolute atomic E-state index is 0.0327. The monoisotopic (exact) mass is 813 g/mol. The van der Waals surface area contributed by atoms with Crippen molar-refractivity contribution in [1.29, 1.82) is 0 Å². The average Bonchev–Trinajstić information content (AvgIpc) is 3.81. The Morgan fingerprint density at radius 2 is 1.48 bits per heavy atom. The molecule has 18 heteroatoms. The van der Waals surface area contributed by atoms with Crippen molar-refractivity contribution in [1.82, 2.24) is 25.3 Å². The fourth-order valence-electron chi connectivity index (χ4n) is 7.24. The van der Waals surface area contributed by atoms with Gasteiger partial charge in [0.2, 0.25) is 29.5 Å². The molecule has 6 N–H and O–H groups in total. The number of aryl methyl sites for hydroxylation is 2. The van der Waals surface area contributed by atoms with Gasteiger partial charge in [0.05, 0.1) is 19.1 Å². The number of hydrogen-bond acceptors (Lipinski definition) is 9. The van der Waals surface area contributed by atoms with Gasteiger partial charge in [0.15, 0.2) is 0 Å². The number of nitrogens with two attached hydrogens (primary N) is 1. The van der Waals surface area contributed by atoms with E-state index in [1.807, 2.05) is 19.1 Å². The summed E-state index contributed by atoms with van der Waals surface area (Å²) in [5.41, 5.74) is 7.26. The number of halogens is 2. The van der Waals surface area contributed by atoms with Gasteiger partial charge in [0.1, 0.15) is 41.9 Å². The molecule has 6 atom stereocenters. The van der Waals surface area contributed by atoms with Crippen molar-refractivity contribution in [2.24, 2.45) is 5.73 Å². The smallest absolute Gasteiger partial charge is 0.329 e. The second kappa shape index (κ2) is 20.7. The number of benzene rings is 2. The van der Waals surface area contributed by atoms with Crippen LogP contribution in [-0.4, -0.2) is 124 Å². The molecule has 0 aromatic heterocycles. The molecular weight excluding hydrogens is 760 g/mol. The maximum Gasteiger partial charge on any atom is 0.329 e. The van der Waals surface area contributed by atoms with Crippen molar-refractivity contribution >= 4 is 47.2 Å². The van der Waals surface area contributed by atoms with Crippen molar-refractivity contribution in [2.45, 2.75) is 109 Å². The standard InChI is InChI=1S/C23H34N4O7.C10H13N3O2.C7H6F2/c1-13-10-19(29)25-9-5-7-17(25)22(32)26-8-4-3-6-16(26)20(30)24-14(2)21(31)27-12-15(28)11-18(27)23(33)34-13;1-7-2-4-8(5-3-7)13-10(15)12-6-9(11)14;1-5-2-6(8)4-7(9)3-5/h13-18,28H,3-12H2,1-2H3,(H,24,30);2-5H,6H2,1H3,(H2,11,14)(H2,12,13,15);2-4H,1H3. The molecular formula is C40H53F2N7O9. The fourth-order valence-corrected chi connectivity index (χ4v) is 7.24. The second-order valence-electron chi connectivity index (χ2n) is 15.0. The van der Waals surface area contributed by atoms with Gasteiger partial charge in [-0.2, -0.15) is 0 Å². The van der Waals surface area contributed by atoms with Gasteiger partial charge in [-0.15, -0.1) is 0 Å². The highest BCUT2D eigenvalue weighted by molar-refractivity contribution is 5.96. The number of hydrogen-bond donors (Lipinski definition) is 5. The summed E-state index contributed by atoms with van der Waals surface area (Å²) >= 11 is 0. The minimum atomic E-state index is -0.986. The number of carbonyl (C=O) groups excluding carboxylic acids is 7. The van der Waals surface area contributed by atoms with E-state index in [9.17, 15) is 47.4 Å². The Labute approximate surface area is 335 Å². The second-order valence-corrected chi connectivity index (χ2v) is 15.0. The maximum absolute atomic E-state index is 13.5. The van der Waals surface area contributed by atoms with Gasteiger partial charge in [-0.05, 0) is 89.6 Å². The average molecular weight is 814 g/mol. The first-order valence-electron chi connectivity index (χ1n) is 19.3. The number of fused-ring (bicyclic) bond motifs is 3. The highest BCUT2D eigenvalue weighted by Gasteiger charge is 2.45. The van der Waals surface area contributed by atoms with E-state index >= 15 is 0 Å².